The lowest BCUT2D eigenvalue weighted by Gasteiger charge is -2.13. The lowest BCUT2D eigenvalue weighted by molar-refractivity contribution is -0.122. The Morgan fingerprint density at radius 2 is 2.16 bits per heavy atom. The second-order valence-electron chi connectivity index (χ2n) is 4.97. The van der Waals surface area contributed by atoms with Gasteiger partial charge in [0.05, 0.1) is 11.7 Å². The summed E-state index contributed by atoms with van der Waals surface area (Å²) >= 11 is 0. The molecule has 0 aromatic carbocycles. The van der Waals surface area contributed by atoms with Gasteiger partial charge in [-0.1, -0.05) is 6.92 Å². The second-order valence-corrected chi connectivity index (χ2v) is 4.97. The molecule has 1 aromatic rings. The van der Waals surface area contributed by atoms with Crippen LogP contribution in [-0.2, 0) is 11.3 Å². The minimum Gasteiger partial charge on any atom is -0.355 e. The van der Waals surface area contributed by atoms with E-state index in [0.29, 0.717) is 0 Å². The average molecular weight is 266 g/mol. The number of carbonyl (C=O) groups excluding carboxylic acids is 1. The normalized spacial score (nSPS) is 12.4. The summed E-state index contributed by atoms with van der Waals surface area (Å²) in [5.74, 6) is 0.0768. The Morgan fingerprint density at radius 3 is 2.74 bits per heavy atom. The Bertz CT molecular complexity index is 400. The van der Waals surface area contributed by atoms with E-state index in [0.717, 1.165) is 38.2 Å². The van der Waals surface area contributed by atoms with Crippen molar-refractivity contribution in [2.75, 3.05) is 13.1 Å². The molecule has 0 fully saturated rings. The van der Waals surface area contributed by atoms with Crippen LogP contribution in [-0.4, -0.2) is 34.8 Å². The molecule has 1 rings (SSSR count). The van der Waals surface area contributed by atoms with Gasteiger partial charge in [-0.25, -0.2) is 0 Å². The van der Waals surface area contributed by atoms with Gasteiger partial charge in [0.1, 0.15) is 0 Å². The van der Waals surface area contributed by atoms with E-state index in [1.807, 2.05) is 25.5 Å². The maximum absolute atomic E-state index is 11.6. The summed E-state index contributed by atoms with van der Waals surface area (Å²) in [4.78, 5) is 11.6. The average Bonchev–Trinajstić information content (AvgIpc) is 2.69. The summed E-state index contributed by atoms with van der Waals surface area (Å²) < 4.78 is 2.01. The van der Waals surface area contributed by atoms with Gasteiger partial charge in [-0.15, -0.1) is 0 Å². The molecule has 5 heteroatoms. The first kappa shape index (κ1) is 15.7. The number of nitrogens with one attached hydrogen (secondary N) is 2. The molecule has 1 atom stereocenters. The van der Waals surface area contributed by atoms with Crippen LogP contribution in [0.4, 0.5) is 0 Å². The predicted octanol–water partition coefficient (Wildman–Crippen LogP) is 1.39. The molecule has 0 saturated heterocycles. The van der Waals surface area contributed by atoms with Crippen LogP contribution in [0, 0.1) is 13.8 Å². The molecule has 0 spiro atoms. The molecule has 108 valence electrons. The molecule has 5 nitrogen and oxygen atoms in total. The zero-order valence-electron chi connectivity index (χ0n) is 12.5. The van der Waals surface area contributed by atoms with Crippen LogP contribution < -0.4 is 10.6 Å². The van der Waals surface area contributed by atoms with Crippen molar-refractivity contribution in [2.24, 2.45) is 0 Å². The zero-order valence-corrected chi connectivity index (χ0v) is 12.5. The Morgan fingerprint density at radius 1 is 1.42 bits per heavy atom. The first-order valence-corrected chi connectivity index (χ1v) is 7.06. The highest BCUT2D eigenvalue weighted by molar-refractivity contribution is 5.81. The molecule has 0 aliphatic rings. The van der Waals surface area contributed by atoms with E-state index in [4.69, 9.17) is 0 Å². The van der Waals surface area contributed by atoms with Crippen LogP contribution >= 0.6 is 0 Å². The Hall–Kier alpha value is -1.36. The third kappa shape index (κ3) is 5.42. The molecule has 1 amide bonds. The minimum atomic E-state index is -0.132. The van der Waals surface area contributed by atoms with E-state index in [9.17, 15) is 4.79 Å². The molecule has 0 bridgehead atoms. The van der Waals surface area contributed by atoms with Crippen LogP contribution in [0.5, 0.6) is 0 Å². The standard InChI is InChI=1S/C14H26N4O/c1-5-7-16-14(19)13(4)15-8-6-9-18-12(3)10-11(2)17-18/h10,13,15H,5-9H2,1-4H3,(H,16,19). The molecule has 1 unspecified atom stereocenters. The van der Waals surface area contributed by atoms with E-state index in [2.05, 4.69) is 28.7 Å². The van der Waals surface area contributed by atoms with Crippen LogP contribution in [0.2, 0.25) is 0 Å². The van der Waals surface area contributed by atoms with Crippen molar-refractivity contribution in [1.29, 1.82) is 0 Å². The van der Waals surface area contributed by atoms with Gasteiger partial charge in [0, 0.05) is 18.8 Å². The number of hydrogen-bond donors (Lipinski definition) is 2. The summed E-state index contributed by atoms with van der Waals surface area (Å²) in [6, 6.07) is 1.95. The van der Waals surface area contributed by atoms with Crippen molar-refractivity contribution < 1.29 is 4.79 Å². The Labute approximate surface area is 115 Å². The fourth-order valence-corrected chi connectivity index (χ4v) is 1.94. The van der Waals surface area contributed by atoms with Crippen molar-refractivity contribution in [3.8, 4) is 0 Å². The van der Waals surface area contributed by atoms with Gasteiger partial charge in [-0.2, -0.15) is 5.10 Å². The van der Waals surface area contributed by atoms with Gasteiger partial charge in [0.25, 0.3) is 0 Å². The topological polar surface area (TPSA) is 59.0 Å². The van der Waals surface area contributed by atoms with E-state index in [1.54, 1.807) is 0 Å². The van der Waals surface area contributed by atoms with Gasteiger partial charge in [0.15, 0.2) is 0 Å². The predicted molar refractivity (Wildman–Crippen MR) is 77.1 cm³/mol. The summed E-state index contributed by atoms with van der Waals surface area (Å²) in [5.41, 5.74) is 2.24. The number of amides is 1. The molecule has 2 N–H and O–H groups in total. The molecule has 0 aliphatic heterocycles. The highest BCUT2D eigenvalue weighted by atomic mass is 16.2. The van der Waals surface area contributed by atoms with Crippen LogP contribution in [0.3, 0.4) is 0 Å². The fraction of sp³-hybridized carbons (Fsp3) is 0.714. The van der Waals surface area contributed by atoms with E-state index >= 15 is 0 Å². The molecule has 0 saturated carbocycles. The third-order valence-electron chi connectivity index (χ3n) is 3.04. The number of rotatable bonds is 8. The van der Waals surface area contributed by atoms with Crippen molar-refractivity contribution in [2.45, 2.75) is 53.1 Å². The van der Waals surface area contributed by atoms with Gasteiger partial charge < -0.3 is 10.6 Å². The van der Waals surface area contributed by atoms with Crippen LogP contribution in [0.25, 0.3) is 0 Å². The molecule has 19 heavy (non-hydrogen) atoms. The number of aryl methyl sites for hydroxylation is 3. The quantitative estimate of drug-likeness (QED) is 0.699. The minimum absolute atomic E-state index is 0.0768. The first-order chi connectivity index (χ1) is 9.04. The Kier molecular flexibility index (Phi) is 6.56. The molecule has 0 radical (unpaired) electrons. The monoisotopic (exact) mass is 266 g/mol. The first-order valence-electron chi connectivity index (χ1n) is 7.06. The molecular weight excluding hydrogens is 240 g/mol. The van der Waals surface area contributed by atoms with E-state index < -0.39 is 0 Å². The van der Waals surface area contributed by atoms with Gasteiger partial charge >= 0.3 is 0 Å². The zero-order chi connectivity index (χ0) is 14.3. The van der Waals surface area contributed by atoms with Crippen molar-refractivity contribution in [3.05, 3.63) is 17.5 Å². The number of hydrogen-bond acceptors (Lipinski definition) is 3. The summed E-state index contributed by atoms with van der Waals surface area (Å²) in [5, 5.41) is 10.5. The van der Waals surface area contributed by atoms with Crippen LogP contribution in [0.15, 0.2) is 6.07 Å². The highest BCUT2D eigenvalue weighted by Gasteiger charge is 2.10. The van der Waals surface area contributed by atoms with Crippen molar-refractivity contribution in [1.82, 2.24) is 20.4 Å². The molecule has 1 aromatic heterocycles. The maximum Gasteiger partial charge on any atom is 0.236 e. The van der Waals surface area contributed by atoms with Gasteiger partial charge in [0.2, 0.25) is 5.91 Å². The van der Waals surface area contributed by atoms with Gasteiger partial charge in [-0.05, 0) is 46.2 Å². The second kappa shape index (κ2) is 7.94. The SMILES string of the molecule is CCCNC(=O)C(C)NCCCn1nc(C)cc1C. The van der Waals surface area contributed by atoms with Crippen LogP contribution in [0.1, 0.15) is 38.1 Å². The fourth-order valence-electron chi connectivity index (χ4n) is 1.94. The lowest BCUT2D eigenvalue weighted by atomic mass is 10.3. The molecular formula is C14H26N4O. The third-order valence-corrected chi connectivity index (χ3v) is 3.04. The van der Waals surface area contributed by atoms with E-state index in [-0.39, 0.29) is 11.9 Å². The molecule has 1 heterocycles. The summed E-state index contributed by atoms with van der Waals surface area (Å²) in [6.07, 6.45) is 1.93. The van der Waals surface area contributed by atoms with E-state index in [1.165, 1.54) is 5.69 Å². The highest BCUT2D eigenvalue weighted by Crippen LogP contribution is 2.02. The molecule has 0 aliphatic carbocycles. The largest absolute Gasteiger partial charge is 0.355 e. The number of aromatic nitrogens is 2. The van der Waals surface area contributed by atoms with Crippen molar-refractivity contribution in [3.63, 3.8) is 0 Å². The lowest BCUT2D eigenvalue weighted by Crippen LogP contribution is -2.42. The number of nitrogens with zero attached hydrogens (tertiary/aromatic N) is 2. The maximum atomic E-state index is 11.6. The summed E-state index contributed by atoms with van der Waals surface area (Å²) in [7, 11) is 0. The summed E-state index contributed by atoms with van der Waals surface area (Å²) in [6.45, 7) is 10.5. The Balaban J connectivity index is 2.20. The van der Waals surface area contributed by atoms with Crippen molar-refractivity contribution >= 4 is 5.91 Å². The number of carbonyl (C=O) groups is 1. The van der Waals surface area contributed by atoms with Gasteiger partial charge in [-0.3, -0.25) is 9.48 Å². The smallest absolute Gasteiger partial charge is 0.236 e.